The second kappa shape index (κ2) is 2.36. The summed E-state index contributed by atoms with van der Waals surface area (Å²) in [7, 11) is -1.35. The van der Waals surface area contributed by atoms with Crippen molar-refractivity contribution in [3.8, 4) is 0 Å². The summed E-state index contributed by atoms with van der Waals surface area (Å²) in [6.45, 7) is 1.43. The molecule has 1 fully saturated rings. The predicted molar refractivity (Wildman–Crippen MR) is 26.4 cm³/mol. The van der Waals surface area contributed by atoms with Crippen LogP contribution < -0.4 is 5.32 Å². The molecule has 0 aliphatic carbocycles. The molecule has 0 aromatic carbocycles. The highest BCUT2D eigenvalue weighted by molar-refractivity contribution is 7.39. The first kappa shape index (κ1) is 5.16. The van der Waals surface area contributed by atoms with E-state index in [-0.39, 0.29) is 0 Å². The van der Waals surface area contributed by atoms with Crippen LogP contribution in [-0.2, 0) is 9.09 Å². The Morgan fingerprint density at radius 1 is 1.71 bits per heavy atom. The molecule has 1 N–H and O–H groups in total. The third kappa shape index (κ3) is 1.51. The third-order valence-corrected chi connectivity index (χ3v) is 1.71. The van der Waals surface area contributed by atoms with Crippen molar-refractivity contribution in [3.63, 3.8) is 0 Å². The van der Waals surface area contributed by atoms with Gasteiger partial charge < -0.3 is 0 Å². The van der Waals surface area contributed by atoms with Crippen molar-refractivity contribution in [2.24, 2.45) is 0 Å². The summed E-state index contributed by atoms with van der Waals surface area (Å²) in [6, 6.07) is 0. The predicted octanol–water partition coefficient (Wildman–Crippen LogP) is 0.306. The highest BCUT2D eigenvalue weighted by Gasteiger charge is 2.19. The van der Waals surface area contributed by atoms with Gasteiger partial charge in [0, 0.05) is 6.54 Å². The second-order valence-corrected chi connectivity index (χ2v) is 2.56. The van der Waals surface area contributed by atoms with Gasteiger partial charge in [-0.05, 0) is 4.57 Å². The summed E-state index contributed by atoms with van der Waals surface area (Å²) in [4.78, 5) is 0. The Labute approximate surface area is 42.9 Å². The van der Waals surface area contributed by atoms with Gasteiger partial charge in [-0.3, -0.25) is 5.32 Å². The Morgan fingerprint density at radius 3 is 2.86 bits per heavy atom. The van der Waals surface area contributed by atoms with Crippen LogP contribution in [0.15, 0.2) is 0 Å². The molecule has 4 heteroatoms. The quantitative estimate of drug-likeness (QED) is 0.467. The highest BCUT2D eigenvalue weighted by Crippen LogP contribution is 2.20. The summed E-state index contributed by atoms with van der Waals surface area (Å²) < 4.78 is 15.1. The lowest BCUT2D eigenvalue weighted by Crippen LogP contribution is -2.23. The van der Waals surface area contributed by atoms with Gasteiger partial charge in [0.05, 0.1) is 0 Å². The largest absolute Gasteiger partial charge is 0.523 e. The van der Waals surface area contributed by atoms with Crippen molar-refractivity contribution in [3.05, 3.63) is 0 Å². The van der Waals surface area contributed by atoms with Gasteiger partial charge in [0.25, 0.3) is 0 Å². The van der Waals surface area contributed by atoms with E-state index in [2.05, 4.69) is 5.32 Å². The van der Waals surface area contributed by atoms with Crippen LogP contribution in [-0.4, -0.2) is 19.4 Å². The molecular weight excluding hydrogens is 113 g/mol. The molecule has 7 heavy (non-hydrogen) atoms. The zero-order valence-corrected chi connectivity index (χ0v) is 4.78. The van der Waals surface area contributed by atoms with Crippen molar-refractivity contribution < 1.29 is 9.09 Å². The molecule has 1 aliphatic heterocycles. The normalized spacial score (nSPS) is 27.7. The summed E-state index contributed by atoms with van der Waals surface area (Å²) in [5.41, 5.74) is 0. The maximum atomic E-state index is 10.3. The molecule has 0 amide bonds. The van der Waals surface area contributed by atoms with Gasteiger partial charge in [0.2, 0.25) is 6.29 Å². The summed E-state index contributed by atoms with van der Waals surface area (Å²) in [5.74, 6) is 0. The van der Waals surface area contributed by atoms with Gasteiger partial charge in [-0.1, -0.05) is 0 Å². The third-order valence-electron chi connectivity index (χ3n) is 0.755. The fourth-order valence-corrected chi connectivity index (χ4v) is 1.16. The maximum Gasteiger partial charge on any atom is 0.523 e. The van der Waals surface area contributed by atoms with E-state index in [1.165, 1.54) is 0 Å². The van der Waals surface area contributed by atoms with Crippen molar-refractivity contribution in [1.29, 1.82) is 0 Å². The van der Waals surface area contributed by atoms with Gasteiger partial charge in [0.15, 0.2) is 0 Å². The van der Waals surface area contributed by atoms with E-state index in [0.29, 0.717) is 12.9 Å². The second-order valence-electron chi connectivity index (χ2n) is 1.32. The average molecular weight is 120 g/mol. The maximum absolute atomic E-state index is 10.3. The fourth-order valence-electron chi connectivity index (χ4n) is 0.436. The van der Waals surface area contributed by atoms with Crippen LogP contribution in [0, 0.1) is 0 Å². The summed E-state index contributed by atoms with van der Waals surface area (Å²) in [5, 5.41) is 2.93. The van der Waals surface area contributed by atoms with Crippen LogP contribution in [0.4, 0.5) is 0 Å². The van der Waals surface area contributed by atoms with E-state index in [1.54, 1.807) is 0 Å². The number of hydrogen-bond donors (Lipinski definition) is 1. The van der Waals surface area contributed by atoms with Crippen molar-refractivity contribution >= 4 is 8.03 Å². The van der Waals surface area contributed by atoms with Gasteiger partial charge in [0.1, 0.15) is 6.61 Å². The van der Waals surface area contributed by atoms with Gasteiger partial charge >= 0.3 is 8.03 Å². The molecule has 0 spiro atoms. The summed E-state index contributed by atoms with van der Waals surface area (Å²) in [6.07, 6.45) is 0.523. The van der Waals surface area contributed by atoms with E-state index < -0.39 is 8.03 Å². The number of nitrogens with one attached hydrogen (secondary N) is 1. The lowest BCUT2D eigenvalue weighted by atomic mass is 10.7. The van der Waals surface area contributed by atoms with E-state index in [0.717, 1.165) is 6.54 Å². The van der Waals surface area contributed by atoms with Crippen LogP contribution in [0.3, 0.4) is 0 Å². The highest BCUT2D eigenvalue weighted by atomic mass is 31.1. The van der Waals surface area contributed by atoms with Gasteiger partial charge in [-0.2, -0.15) is 0 Å². The van der Waals surface area contributed by atoms with Crippen molar-refractivity contribution in [1.82, 2.24) is 5.32 Å². The Kier molecular flexibility index (Phi) is 1.74. The van der Waals surface area contributed by atoms with E-state index >= 15 is 0 Å². The minimum atomic E-state index is -1.35. The Morgan fingerprint density at radius 2 is 2.57 bits per heavy atom. The molecule has 1 unspecified atom stereocenters. The van der Waals surface area contributed by atoms with Gasteiger partial charge in [-0.15, -0.1) is 4.52 Å². The smallest absolute Gasteiger partial charge is 0.271 e. The molecule has 3 nitrogen and oxygen atoms in total. The molecule has 1 aliphatic rings. The molecule has 0 aromatic rings. The van der Waals surface area contributed by atoms with E-state index in [1.807, 2.05) is 0 Å². The zero-order valence-electron chi connectivity index (χ0n) is 3.89. The standard InChI is InChI=1S/C3H7NO2P/c5-7-3-4-1-2-6-7/h4H,1-3H2/q+1. The minimum absolute atomic E-state index is 0.523. The van der Waals surface area contributed by atoms with E-state index in [9.17, 15) is 4.57 Å². The number of hydrogen-bond acceptors (Lipinski definition) is 3. The Hall–Kier alpha value is 0.0200. The van der Waals surface area contributed by atoms with Crippen LogP contribution in [0.25, 0.3) is 0 Å². The lowest BCUT2D eigenvalue weighted by Gasteiger charge is -1.98. The first-order valence-electron chi connectivity index (χ1n) is 2.18. The molecular formula is C3H7NO2P+. The molecule has 0 radical (unpaired) electrons. The average Bonchev–Trinajstić information content (AvgIpc) is 1.69. The van der Waals surface area contributed by atoms with Crippen molar-refractivity contribution in [2.75, 3.05) is 19.4 Å². The number of rotatable bonds is 0. The Balaban J connectivity index is 2.25. The van der Waals surface area contributed by atoms with Crippen molar-refractivity contribution in [2.45, 2.75) is 0 Å². The first-order valence-corrected chi connectivity index (χ1v) is 3.54. The molecule has 0 aromatic heterocycles. The molecule has 1 rings (SSSR count). The molecule has 0 saturated carbocycles. The summed E-state index contributed by atoms with van der Waals surface area (Å²) >= 11 is 0. The minimum Gasteiger partial charge on any atom is -0.271 e. The van der Waals surface area contributed by atoms with Crippen LogP contribution in [0.5, 0.6) is 0 Å². The lowest BCUT2D eigenvalue weighted by molar-refractivity contribution is 0.306. The van der Waals surface area contributed by atoms with Gasteiger partial charge in [-0.25, -0.2) is 0 Å². The van der Waals surface area contributed by atoms with Crippen LogP contribution in [0.2, 0.25) is 0 Å². The Bertz CT molecular complexity index is 77.0. The SMILES string of the molecule is O=[P+]1CNCCO1. The molecule has 1 heterocycles. The molecule has 1 atom stereocenters. The fraction of sp³-hybridized carbons (Fsp3) is 1.00. The van der Waals surface area contributed by atoms with Crippen LogP contribution in [0.1, 0.15) is 0 Å². The first-order chi connectivity index (χ1) is 3.39. The molecule has 1 saturated heterocycles. The zero-order chi connectivity index (χ0) is 5.11. The van der Waals surface area contributed by atoms with Crippen LogP contribution >= 0.6 is 8.03 Å². The molecule has 0 bridgehead atoms. The molecule has 40 valence electrons. The van der Waals surface area contributed by atoms with E-state index in [4.69, 9.17) is 4.52 Å². The topological polar surface area (TPSA) is 38.3 Å². The monoisotopic (exact) mass is 120 g/mol.